The maximum atomic E-state index is 12.3. The highest BCUT2D eigenvalue weighted by Crippen LogP contribution is 2.39. The number of carbonyl (C=O) groups is 2. The molecule has 1 aromatic rings. The first-order valence-electron chi connectivity index (χ1n) is 6.59. The quantitative estimate of drug-likeness (QED) is 0.490. The summed E-state index contributed by atoms with van der Waals surface area (Å²) < 4.78 is 5.43. The second kappa shape index (κ2) is 5.23. The van der Waals surface area contributed by atoms with E-state index in [1.54, 1.807) is 12.2 Å². The Morgan fingerprint density at radius 3 is 2.27 bits per heavy atom. The lowest BCUT2D eigenvalue weighted by molar-refractivity contribution is -0.384. The number of non-ortho nitro benzene ring substituents is 1. The van der Waals surface area contributed by atoms with Crippen molar-refractivity contribution in [1.29, 1.82) is 0 Å². The Balaban J connectivity index is 1.75. The van der Waals surface area contributed by atoms with Crippen LogP contribution in [0.4, 0.5) is 11.4 Å². The maximum absolute atomic E-state index is 12.3. The van der Waals surface area contributed by atoms with Crippen LogP contribution in [0.1, 0.15) is 0 Å². The summed E-state index contributed by atoms with van der Waals surface area (Å²) in [5, 5.41) is 22.4. The molecule has 1 fully saturated rings. The number of nitrogens with zero attached hydrogens (tertiary/aromatic N) is 1. The topological polar surface area (TPSA) is 119 Å². The highest BCUT2D eigenvalue weighted by Gasteiger charge is 2.53. The van der Waals surface area contributed by atoms with E-state index in [0.717, 1.165) is 0 Å². The van der Waals surface area contributed by atoms with Gasteiger partial charge in [-0.1, -0.05) is 12.2 Å². The number of nitro groups is 1. The minimum Gasteiger partial charge on any atom is -0.481 e. The van der Waals surface area contributed by atoms with E-state index in [4.69, 9.17) is 4.74 Å². The van der Waals surface area contributed by atoms with Crippen molar-refractivity contribution in [3.8, 4) is 0 Å². The maximum Gasteiger partial charge on any atom is 0.310 e. The van der Waals surface area contributed by atoms with Crippen molar-refractivity contribution in [2.75, 3.05) is 5.32 Å². The Morgan fingerprint density at radius 2 is 1.73 bits per heavy atom. The number of carboxylic acids is 1. The van der Waals surface area contributed by atoms with E-state index in [1.807, 2.05) is 0 Å². The number of benzene rings is 1. The van der Waals surface area contributed by atoms with Crippen LogP contribution in [0.25, 0.3) is 0 Å². The number of hydrogen-bond acceptors (Lipinski definition) is 5. The van der Waals surface area contributed by atoms with Gasteiger partial charge in [0.25, 0.3) is 5.69 Å². The monoisotopic (exact) mass is 304 g/mol. The summed E-state index contributed by atoms with van der Waals surface area (Å²) in [7, 11) is 0. The smallest absolute Gasteiger partial charge is 0.310 e. The van der Waals surface area contributed by atoms with E-state index in [-0.39, 0.29) is 5.69 Å². The zero-order valence-corrected chi connectivity index (χ0v) is 11.2. The summed E-state index contributed by atoms with van der Waals surface area (Å²) in [6, 6.07) is 5.33. The minimum absolute atomic E-state index is 0.0902. The number of fused-ring (bicyclic) bond motifs is 2. The van der Waals surface area contributed by atoms with Crippen LogP contribution in [-0.2, 0) is 14.3 Å². The van der Waals surface area contributed by atoms with Crippen molar-refractivity contribution >= 4 is 23.3 Å². The van der Waals surface area contributed by atoms with Crippen molar-refractivity contribution in [3.05, 3.63) is 46.5 Å². The zero-order chi connectivity index (χ0) is 15.9. The van der Waals surface area contributed by atoms with E-state index in [9.17, 15) is 24.8 Å². The molecule has 3 rings (SSSR count). The number of ether oxygens (including phenoxy) is 1. The summed E-state index contributed by atoms with van der Waals surface area (Å²) in [4.78, 5) is 33.7. The van der Waals surface area contributed by atoms with Crippen LogP contribution in [0.3, 0.4) is 0 Å². The Morgan fingerprint density at radius 1 is 1.14 bits per heavy atom. The van der Waals surface area contributed by atoms with Crippen LogP contribution >= 0.6 is 0 Å². The molecule has 1 aromatic carbocycles. The second-order valence-electron chi connectivity index (χ2n) is 5.13. The Hall–Kier alpha value is -2.74. The number of nitrogens with one attached hydrogen (secondary N) is 1. The third-order valence-corrected chi connectivity index (χ3v) is 3.83. The van der Waals surface area contributed by atoms with Crippen molar-refractivity contribution in [3.63, 3.8) is 0 Å². The second-order valence-corrected chi connectivity index (χ2v) is 5.13. The van der Waals surface area contributed by atoms with Crippen molar-refractivity contribution in [2.45, 2.75) is 12.2 Å². The number of aliphatic carboxylic acids is 1. The van der Waals surface area contributed by atoms with Crippen molar-refractivity contribution in [2.24, 2.45) is 11.8 Å². The number of hydrogen-bond donors (Lipinski definition) is 2. The number of amides is 1. The fourth-order valence-electron chi connectivity index (χ4n) is 2.81. The van der Waals surface area contributed by atoms with Crippen LogP contribution in [0.5, 0.6) is 0 Å². The van der Waals surface area contributed by atoms with E-state index in [0.29, 0.717) is 5.69 Å². The molecule has 0 saturated carbocycles. The Bertz CT molecular complexity index is 668. The Labute approximate surface area is 124 Å². The SMILES string of the molecule is O=C(O)[C@@H]1[C@@H](C(=O)Nc2ccc([N+](=O)[O-])cc2)[C@H]2C=C[C@H]1O2. The largest absolute Gasteiger partial charge is 0.481 e. The van der Waals surface area contributed by atoms with Gasteiger partial charge in [0.15, 0.2) is 0 Å². The van der Waals surface area contributed by atoms with Crippen LogP contribution < -0.4 is 5.32 Å². The Kier molecular flexibility index (Phi) is 3.38. The van der Waals surface area contributed by atoms with Gasteiger partial charge >= 0.3 is 5.97 Å². The van der Waals surface area contributed by atoms with Gasteiger partial charge in [0, 0.05) is 17.8 Å². The predicted octanol–water partition coefficient (Wildman–Crippen LogP) is 1.19. The molecule has 2 N–H and O–H groups in total. The lowest BCUT2D eigenvalue weighted by Gasteiger charge is -2.20. The first-order chi connectivity index (χ1) is 10.5. The molecule has 2 heterocycles. The lowest BCUT2D eigenvalue weighted by Crippen LogP contribution is -2.39. The van der Waals surface area contributed by atoms with Crippen molar-refractivity contribution < 1.29 is 24.4 Å². The summed E-state index contributed by atoms with van der Waals surface area (Å²) in [5.74, 6) is -3.30. The van der Waals surface area contributed by atoms with Crippen LogP contribution in [-0.4, -0.2) is 34.1 Å². The number of nitro benzene ring substituents is 1. The van der Waals surface area contributed by atoms with Crippen LogP contribution in [0.15, 0.2) is 36.4 Å². The highest BCUT2D eigenvalue weighted by molar-refractivity contribution is 5.96. The molecule has 8 nitrogen and oxygen atoms in total. The minimum atomic E-state index is -1.08. The molecular weight excluding hydrogens is 292 g/mol. The predicted molar refractivity (Wildman–Crippen MR) is 74.1 cm³/mol. The van der Waals surface area contributed by atoms with Gasteiger partial charge < -0.3 is 15.2 Å². The molecule has 0 aliphatic carbocycles. The standard InChI is InChI=1S/C14H12N2O6/c17-13(15-7-1-3-8(4-2-7)16(20)21)11-9-5-6-10(22-9)12(11)14(18)19/h1-6,9-12H,(H,15,17)(H,18,19)/t9-,10-,11+,12+/m1/s1. The molecule has 2 bridgehead atoms. The first kappa shape index (κ1) is 14.2. The molecule has 2 aliphatic rings. The lowest BCUT2D eigenvalue weighted by atomic mass is 9.82. The van der Waals surface area contributed by atoms with Gasteiger partial charge in [-0.3, -0.25) is 19.7 Å². The number of carbonyl (C=O) groups excluding carboxylic acids is 1. The first-order valence-corrected chi connectivity index (χ1v) is 6.59. The molecule has 0 spiro atoms. The van der Waals surface area contributed by atoms with Crippen molar-refractivity contribution in [1.82, 2.24) is 0 Å². The molecule has 2 aliphatic heterocycles. The summed E-state index contributed by atoms with van der Waals surface area (Å²) in [6.45, 7) is 0. The average Bonchev–Trinajstić information content (AvgIpc) is 3.08. The van der Waals surface area contributed by atoms with E-state index in [2.05, 4.69) is 5.32 Å². The van der Waals surface area contributed by atoms with Gasteiger partial charge in [-0.15, -0.1) is 0 Å². The fraction of sp³-hybridized carbons (Fsp3) is 0.286. The zero-order valence-electron chi connectivity index (χ0n) is 11.2. The average molecular weight is 304 g/mol. The molecule has 1 saturated heterocycles. The van der Waals surface area contributed by atoms with Crippen LogP contribution in [0.2, 0.25) is 0 Å². The highest BCUT2D eigenvalue weighted by atomic mass is 16.6. The molecule has 0 unspecified atom stereocenters. The summed E-state index contributed by atoms with van der Waals surface area (Å²) in [5.41, 5.74) is 0.277. The molecule has 1 amide bonds. The van der Waals surface area contributed by atoms with Gasteiger partial charge in [-0.05, 0) is 12.1 Å². The van der Waals surface area contributed by atoms with E-state index >= 15 is 0 Å². The molecule has 114 valence electrons. The third-order valence-electron chi connectivity index (χ3n) is 3.83. The van der Waals surface area contributed by atoms with Gasteiger partial charge in [0.2, 0.25) is 5.91 Å². The van der Waals surface area contributed by atoms with Gasteiger partial charge in [-0.25, -0.2) is 0 Å². The molecule has 0 radical (unpaired) electrons. The fourth-order valence-corrected chi connectivity index (χ4v) is 2.81. The molecule has 4 atom stereocenters. The molecule has 22 heavy (non-hydrogen) atoms. The van der Waals surface area contributed by atoms with Gasteiger partial charge in [0.05, 0.1) is 23.0 Å². The van der Waals surface area contributed by atoms with E-state index < -0.39 is 40.8 Å². The van der Waals surface area contributed by atoms with Gasteiger partial charge in [-0.2, -0.15) is 0 Å². The van der Waals surface area contributed by atoms with Crippen LogP contribution in [0, 0.1) is 22.0 Å². The van der Waals surface area contributed by atoms with E-state index in [1.165, 1.54) is 24.3 Å². The number of anilines is 1. The third kappa shape index (κ3) is 2.33. The summed E-state index contributed by atoms with van der Waals surface area (Å²) in [6.07, 6.45) is 2.20. The van der Waals surface area contributed by atoms with Gasteiger partial charge in [0.1, 0.15) is 5.92 Å². The number of rotatable bonds is 4. The molecular formula is C14H12N2O6. The molecule has 0 aromatic heterocycles. The number of carboxylic acid groups (broad SMARTS) is 1. The summed E-state index contributed by atoms with van der Waals surface area (Å²) >= 11 is 0. The molecule has 8 heteroatoms. The normalized spacial score (nSPS) is 28.5.